The van der Waals surface area contributed by atoms with Gasteiger partial charge >= 0.3 is 0 Å². The zero-order valence-corrected chi connectivity index (χ0v) is 10.6. The fourth-order valence-electron chi connectivity index (χ4n) is 2.19. The molecule has 2 aromatic rings. The third-order valence-electron chi connectivity index (χ3n) is 3.07. The maximum absolute atomic E-state index is 12.4. The maximum Gasteiger partial charge on any atom is 0.257 e. The largest absolute Gasteiger partial charge is 0.387 e. The highest BCUT2D eigenvalue weighted by Gasteiger charge is 2.16. The summed E-state index contributed by atoms with van der Waals surface area (Å²) < 4.78 is 1.70. The van der Waals surface area contributed by atoms with Crippen LogP contribution in [0.15, 0.2) is 35.1 Å². The van der Waals surface area contributed by atoms with E-state index in [1.165, 1.54) is 0 Å². The van der Waals surface area contributed by atoms with E-state index in [0.717, 1.165) is 10.9 Å². The van der Waals surface area contributed by atoms with Crippen LogP contribution in [0.3, 0.4) is 0 Å². The van der Waals surface area contributed by atoms with E-state index in [2.05, 4.69) is 0 Å². The molecule has 18 heavy (non-hydrogen) atoms. The molecule has 0 spiro atoms. The van der Waals surface area contributed by atoms with Crippen LogP contribution >= 0.6 is 0 Å². The first-order valence-electron chi connectivity index (χ1n) is 6.08. The molecule has 0 saturated carbocycles. The Kier molecular flexibility index (Phi) is 3.50. The van der Waals surface area contributed by atoms with Gasteiger partial charge in [0.15, 0.2) is 0 Å². The molecule has 0 aliphatic carbocycles. The summed E-state index contributed by atoms with van der Waals surface area (Å²) in [6.45, 7) is 3.95. The van der Waals surface area contributed by atoms with Crippen molar-refractivity contribution < 1.29 is 5.11 Å². The Morgan fingerprint density at radius 2 is 2.00 bits per heavy atom. The second kappa shape index (κ2) is 4.92. The highest BCUT2D eigenvalue weighted by atomic mass is 16.3. The van der Waals surface area contributed by atoms with Crippen LogP contribution in [0.1, 0.15) is 31.6 Å². The average Bonchev–Trinajstić information content (AvgIpc) is 2.36. The predicted molar refractivity (Wildman–Crippen MR) is 72.6 cm³/mol. The fourth-order valence-corrected chi connectivity index (χ4v) is 2.19. The number of rotatable bonds is 3. The van der Waals surface area contributed by atoms with Gasteiger partial charge < -0.3 is 15.4 Å². The fraction of sp³-hybridized carbons (Fsp3) is 0.357. The highest BCUT2D eigenvalue weighted by Crippen LogP contribution is 2.19. The summed E-state index contributed by atoms with van der Waals surface area (Å²) in [5, 5.41) is 10.8. The van der Waals surface area contributed by atoms with Crippen LogP contribution in [-0.2, 0) is 0 Å². The molecule has 0 aliphatic heterocycles. The minimum absolute atomic E-state index is 0.0346. The van der Waals surface area contributed by atoms with E-state index in [-0.39, 0.29) is 18.1 Å². The first kappa shape index (κ1) is 12.8. The van der Waals surface area contributed by atoms with Crippen LogP contribution in [0, 0.1) is 0 Å². The quantitative estimate of drug-likeness (QED) is 0.863. The van der Waals surface area contributed by atoms with Crippen LogP contribution in [0.2, 0.25) is 0 Å². The molecule has 0 saturated heterocycles. The van der Waals surface area contributed by atoms with Crippen LogP contribution < -0.4 is 11.3 Å². The molecule has 0 amide bonds. The van der Waals surface area contributed by atoms with Gasteiger partial charge in [0, 0.05) is 18.2 Å². The Morgan fingerprint density at radius 1 is 1.33 bits per heavy atom. The third kappa shape index (κ3) is 2.05. The Hall–Kier alpha value is -1.65. The third-order valence-corrected chi connectivity index (χ3v) is 3.07. The zero-order chi connectivity index (χ0) is 13.3. The molecule has 0 fully saturated rings. The van der Waals surface area contributed by atoms with Gasteiger partial charge in [-0.2, -0.15) is 0 Å². The SMILES string of the molecule is CC(C)n1c(=O)c(C(O)CN)cc2ccccc21. The molecule has 96 valence electrons. The number of fused-ring (bicyclic) bond motifs is 1. The number of aromatic nitrogens is 1. The van der Waals surface area contributed by atoms with Gasteiger partial charge in [0.05, 0.1) is 11.6 Å². The highest BCUT2D eigenvalue weighted by molar-refractivity contribution is 5.79. The van der Waals surface area contributed by atoms with Crippen molar-refractivity contribution in [2.75, 3.05) is 6.54 Å². The van der Waals surface area contributed by atoms with Crippen molar-refractivity contribution in [3.8, 4) is 0 Å². The van der Waals surface area contributed by atoms with E-state index in [1.807, 2.05) is 38.1 Å². The monoisotopic (exact) mass is 246 g/mol. The van der Waals surface area contributed by atoms with Gasteiger partial charge in [-0.05, 0) is 31.4 Å². The van der Waals surface area contributed by atoms with Crippen molar-refractivity contribution in [2.24, 2.45) is 5.73 Å². The summed E-state index contributed by atoms with van der Waals surface area (Å²) in [5.74, 6) is 0. The first-order chi connectivity index (χ1) is 8.56. The molecule has 1 aromatic heterocycles. The normalized spacial score (nSPS) is 13.2. The molecule has 0 bridgehead atoms. The minimum atomic E-state index is -0.910. The number of para-hydroxylation sites is 1. The van der Waals surface area contributed by atoms with Gasteiger partial charge in [0.2, 0.25) is 0 Å². The van der Waals surface area contributed by atoms with E-state index in [0.29, 0.717) is 5.56 Å². The summed E-state index contributed by atoms with van der Waals surface area (Å²) in [6, 6.07) is 9.42. The summed E-state index contributed by atoms with van der Waals surface area (Å²) >= 11 is 0. The van der Waals surface area contributed by atoms with E-state index in [9.17, 15) is 9.90 Å². The Balaban J connectivity index is 2.84. The van der Waals surface area contributed by atoms with Gasteiger partial charge in [0.1, 0.15) is 0 Å². The lowest BCUT2D eigenvalue weighted by Crippen LogP contribution is -2.29. The molecule has 2 rings (SSSR count). The predicted octanol–water partition coefficient (Wildman–Crippen LogP) is 1.57. The van der Waals surface area contributed by atoms with Gasteiger partial charge in [-0.3, -0.25) is 4.79 Å². The van der Waals surface area contributed by atoms with Crippen molar-refractivity contribution in [3.05, 3.63) is 46.2 Å². The Morgan fingerprint density at radius 3 is 2.61 bits per heavy atom. The number of pyridine rings is 1. The summed E-state index contributed by atoms with van der Waals surface area (Å²) in [6.07, 6.45) is -0.910. The van der Waals surface area contributed by atoms with Crippen molar-refractivity contribution in [1.29, 1.82) is 0 Å². The van der Waals surface area contributed by atoms with E-state index in [4.69, 9.17) is 5.73 Å². The zero-order valence-electron chi connectivity index (χ0n) is 10.6. The Bertz CT molecular complexity index is 617. The lowest BCUT2D eigenvalue weighted by atomic mass is 10.1. The van der Waals surface area contributed by atoms with Gasteiger partial charge in [0.25, 0.3) is 5.56 Å². The van der Waals surface area contributed by atoms with Gasteiger partial charge in [-0.15, -0.1) is 0 Å². The lowest BCUT2D eigenvalue weighted by molar-refractivity contribution is 0.184. The molecule has 4 nitrogen and oxygen atoms in total. The first-order valence-corrected chi connectivity index (χ1v) is 6.08. The number of benzene rings is 1. The topological polar surface area (TPSA) is 68.2 Å². The van der Waals surface area contributed by atoms with Crippen molar-refractivity contribution in [1.82, 2.24) is 4.57 Å². The smallest absolute Gasteiger partial charge is 0.257 e. The second-order valence-corrected chi connectivity index (χ2v) is 4.68. The molecule has 1 aromatic carbocycles. The summed E-state index contributed by atoms with van der Waals surface area (Å²) in [5.41, 5.74) is 6.53. The maximum atomic E-state index is 12.4. The van der Waals surface area contributed by atoms with Crippen molar-refractivity contribution >= 4 is 10.9 Å². The van der Waals surface area contributed by atoms with Crippen molar-refractivity contribution in [2.45, 2.75) is 26.0 Å². The van der Waals surface area contributed by atoms with Gasteiger partial charge in [-0.25, -0.2) is 0 Å². The lowest BCUT2D eigenvalue weighted by Gasteiger charge is -2.17. The number of aliphatic hydroxyl groups is 1. The van der Waals surface area contributed by atoms with E-state index in [1.54, 1.807) is 10.6 Å². The molecule has 3 N–H and O–H groups in total. The summed E-state index contributed by atoms with van der Waals surface area (Å²) in [7, 11) is 0. The average molecular weight is 246 g/mol. The van der Waals surface area contributed by atoms with E-state index >= 15 is 0 Å². The number of hydrogen-bond donors (Lipinski definition) is 2. The number of hydrogen-bond acceptors (Lipinski definition) is 3. The molecular formula is C14H18N2O2. The standard InChI is InChI=1S/C14H18N2O2/c1-9(2)16-12-6-4-3-5-10(12)7-11(14(16)18)13(17)8-15/h3-7,9,13,17H,8,15H2,1-2H3. The Labute approximate surface area is 106 Å². The molecule has 1 heterocycles. The van der Waals surface area contributed by atoms with E-state index < -0.39 is 6.10 Å². The molecular weight excluding hydrogens is 228 g/mol. The van der Waals surface area contributed by atoms with Crippen LogP contribution in [0.25, 0.3) is 10.9 Å². The van der Waals surface area contributed by atoms with Crippen LogP contribution in [0.5, 0.6) is 0 Å². The van der Waals surface area contributed by atoms with Crippen LogP contribution in [0.4, 0.5) is 0 Å². The summed E-state index contributed by atoms with van der Waals surface area (Å²) in [4.78, 5) is 12.4. The molecule has 0 aliphatic rings. The number of nitrogens with two attached hydrogens (primary N) is 1. The molecule has 1 atom stereocenters. The number of nitrogens with zero attached hydrogens (tertiary/aromatic N) is 1. The number of aliphatic hydroxyl groups excluding tert-OH is 1. The van der Waals surface area contributed by atoms with Crippen LogP contribution in [-0.4, -0.2) is 16.2 Å². The van der Waals surface area contributed by atoms with Crippen molar-refractivity contribution in [3.63, 3.8) is 0 Å². The molecule has 4 heteroatoms. The molecule has 1 unspecified atom stereocenters. The second-order valence-electron chi connectivity index (χ2n) is 4.68. The molecule has 0 radical (unpaired) electrons. The van der Waals surface area contributed by atoms with Gasteiger partial charge in [-0.1, -0.05) is 18.2 Å². The minimum Gasteiger partial charge on any atom is -0.387 e.